The Balaban J connectivity index is 1.53. The number of para-hydroxylation sites is 1. The molecule has 5 aromatic rings. The van der Waals surface area contributed by atoms with Gasteiger partial charge >= 0.3 is 0 Å². The molecule has 0 bridgehead atoms. The Labute approximate surface area is 151 Å². The number of fused-ring (bicyclic) bond motifs is 3. The van der Waals surface area contributed by atoms with E-state index in [4.69, 9.17) is 4.42 Å². The third kappa shape index (κ3) is 2.52. The van der Waals surface area contributed by atoms with Crippen LogP contribution in [0.1, 0.15) is 0 Å². The summed E-state index contributed by atoms with van der Waals surface area (Å²) >= 11 is 0. The molecule has 0 saturated carbocycles. The number of furan rings is 1. The van der Waals surface area contributed by atoms with Gasteiger partial charge in [-0.1, -0.05) is 66.7 Å². The van der Waals surface area contributed by atoms with Crippen molar-refractivity contribution in [2.24, 2.45) is 0 Å². The van der Waals surface area contributed by atoms with Gasteiger partial charge in [-0.2, -0.15) is 0 Å². The molecule has 0 fully saturated rings. The zero-order valence-corrected chi connectivity index (χ0v) is 14.1. The predicted octanol–water partition coefficient (Wildman–Crippen LogP) is 7.00. The Kier molecular flexibility index (Phi) is 3.46. The van der Waals surface area contributed by atoms with Gasteiger partial charge in [-0.3, -0.25) is 0 Å². The number of anilines is 2. The van der Waals surface area contributed by atoms with E-state index in [2.05, 4.69) is 66.0 Å². The second-order valence-corrected chi connectivity index (χ2v) is 6.35. The van der Waals surface area contributed by atoms with Crippen LogP contribution >= 0.6 is 0 Å². The fourth-order valence-electron chi connectivity index (χ4n) is 3.41. The second kappa shape index (κ2) is 6.08. The minimum absolute atomic E-state index is 0.900. The molecule has 26 heavy (non-hydrogen) atoms. The molecule has 1 heterocycles. The van der Waals surface area contributed by atoms with Crippen LogP contribution in [0.3, 0.4) is 0 Å². The summed E-state index contributed by atoms with van der Waals surface area (Å²) < 4.78 is 5.97. The van der Waals surface area contributed by atoms with E-state index in [-0.39, 0.29) is 0 Å². The standard InChI is InChI=1S/C24H17NO/c1-2-7-17(8-3-1)18-13-15-19(16-14-18)25-21-10-6-12-23-24(21)20-9-4-5-11-22(20)26-23/h1-16,25H. The van der Waals surface area contributed by atoms with Crippen molar-refractivity contribution < 1.29 is 4.42 Å². The van der Waals surface area contributed by atoms with Gasteiger partial charge in [0.05, 0.1) is 11.1 Å². The highest BCUT2D eigenvalue weighted by Crippen LogP contribution is 2.35. The Hall–Kier alpha value is -3.52. The third-order valence-electron chi connectivity index (χ3n) is 4.67. The average molecular weight is 335 g/mol. The average Bonchev–Trinajstić information content (AvgIpc) is 3.09. The molecule has 1 aromatic heterocycles. The molecule has 0 aliphatic carbocycles. The summed E-state index contributed by atoms with van der Waals surface area (Å²) in [5.74, 6) is 0. The third-order valence-corrected chi connectivity index (χ3v) is 4.67. The summed E-state index contributed by atoms with van der Waals surface area (Å²) in [5.41, 5.74) is 6.36. The van der Waals surface area contributed by atoms with E-state index in [0.29, 0.717) is 0 Å². The van der Waals surface area contributed by atoms with Crippen molar-refractivity contribution in [2.75, 3.05) is 5.32 Å². The van der Waals surface area contributed by atoms with Crippen LogP contribution in [0.2, 0.25) is 0 Å². The zero-order chi connectivity index (χ0) is 17.3. The van der Waals surface area contributed by atoms with Crippen LogP contribution in [0.4, 0.5) is 11.4 Å². The number of benzene rings is 4. The molecule has 124 valence electrons. The van der Waals surface area contributed by atoms with Crippen molar-refractivity contribution in [3.05, 3.63) is 97.1 Å². The van der Waals surface area contributed by atoms with Gasteiger partial charge < -0.3 is 9.73 Å². The predicted molar refractivity (Wildman–Crippen MR) is 109 cm³/mol. The lowest BCUT2D eigenvalue weighted by Crippen LogP contribution is -1.90. The van der Waals surface area contributed by atoms with Crippen LogP contribution in [-0.4, -0.2) is 0 Å². The normalized spacial score (nSPS) is 11.1. The quantitative estimate of drug-likeness (QED) is 0.384. The van der Waals surface area contributed by atoms with Gasteiger partial charge in [0.25, 0.3) is 0 Å². The summed E-state index contributed by atoms with van der Waals surface area (Å²) in [5, 5.41) is 5.80. The lowest BCUT2D eigenvalue weighted by molar-refractivity contribution is 0.669. The van der Waals surface area contributed by atoms with Gasteiger partial charge in [-0.15, -0.1) is 0 Å². The fourth-order valence-corrected chi connectivity index (χ4v) is 3.41. The van der Waals surface area contributed by atoms with Crippen LogP contribution < -0.4 is 5.32 Å². The first-order chi connectivity index (χ1) is 12.9. The smallest absolute Gasteiger partial charge is 0.137 e. The van der Waals surface area contributed by atoms with Crippen molar-refractivity contribution in [1.82, 2.24) is 0 Å². The fraction of sp³-hybridized carbons (Fsp3) is 0. The number of hydrogen-bond donors (Lipinski definition) is 1. The van der Waals surface area contributed by atoms with Gasteiger partial charge in [0.2, 0.25) is 0 Å². The van der Waals surface area contributed by atoms with Gasteiger partial charge in [0.1, 0.15) is 11.2 Å². The van der Waals surface area contributed by atoms with E-state index in [9.17, 15) is 0 Å². The Bertz CT molecular complexity index is 1190. The molecule has 0 spiro atoms. The highest BCUT2D eigenvalue weighted by Gasteiger charge is 2.10. The number of rotatable bonds is 3. The number of hydrogen-bond acceptors (Lipinski definition) is 2. The minimum atomic E-state index is 0.900. The van der Waals surface area contributed by atoms with Crippen molar-refractivity contribution in [1.29, 1.82) is 0 Å². The van der Waals surface area contributed by atoms with Gasteiger partial charge in [0.15, 0.2) is 0 Å². The van der Waals surface area contributed by atoms with Crippen LogP contribution in [0.25, 0.3) is 33.1 Å². The molecule has 5 rings (SSSR count). The second-order valence-electron chi connectivity index (χ2n) is 6.35. The summed E-state index contributed by atoms with van der Waals surface area (Å²) in [7, 11) is 0. The molecular formula is C24H17NO. The maximum Gasteiger partial charge on any atom is 0.137 e. The molecule has 4 aromatic carbocycles. The first-order valence-corrected chi connectivity index (χ1v) is 8.71. The molecule has 0 saturated heterocycles. The number of nitrogens with one attached hydrogen (secondary N) is 1. The van der Waals surface area contributed by atoms with E-state index in [1.54, 1.807) is 0 Å². The highest BCUT2D eigenvalue weighted by atomic mass is 16.3. The van der Waals surface area contributed by atoms with E-state index >= 15 is 0 Å². The van der Waals surface area contributed by atoms with Crippen molar-refractivity contribution in [2.45, 2.75) is 0 Å². The van der Waals surface area contributed by atoms with Gasteiger partial charge in [-0.25, -0.2) is 0 Å². The van der Waals surface area contributed by atoms with E-state index in [0.717, 1.165) is 33.3 Å². The molecular weight excluding hydrogens is 318 g/mol. The largest absolute Gasteiger partial charge is 0.456 e. The Morgan fingerprint density at radius 3 is 2.08 bits per heavy atom. The van der Waals surface area contributed by atoms with Crippen LogP contribution in [0.5, 0.6) is 0 Å². The SMILES string of the molecule is c1ccc(-c2ccc(Nc3cccc4oc5ccccc5c34)cc2)cc1. The lowest BCUT2D eigenvalue weighted by Gasteiger charge is -2.09. The Morgan fingerprint density at radius 2 is 1.23 bits per heavy atom. The molecule has 0 unspecified atom stereocenters. The van der Waals surface area contributed by atoms with Crippen molar-refractivity contribution in [3.63, 3.8) is 0 Å². The van der Waals surface area contributed by atoms with E-state index in [1.807, 2.05) is 36.4 Å². The molecule has 0 amide bonds. The van der Waals surface area contributed by atoms with Gasteiger partial charge in [0, 0.05) is 11.1 Å². The first kappa shape index (κ1) is 14.8. The van der Waals surface area contributed by atoms with Crippen LogP contribution in [-0.2, 0) is 0 Å². The van der Waals surface area contributed by atoms with Crippen LogP contribution in [0, 0.1) is 0 Å². The highest BCUT2D eigenvalue weighted by molar-refractivity contribution is 6.11. The molecule has 0 aliphatic heterocycles. The molecule has 0 radical (unpaired) electrons. The monoisotopic (exact) mass is 335 g/mol. The maximum absolute atomic E-state index is 5.97. The van der Waals surface area contributed by atoms with Crippen LogP contribution in [0.15, 0.2) is 101 Å². The Morgan fingerprint density at radius 1 is 0.538 bits per heavy atom. The summed E-state index contributed by atoms with van der Waals surface area (Å²) in [6.07, 6.45) is 0. The van der Waals surface area contributed by atoms with Crippen molar-refractivity contribution >= 4 is 33.3 Å². The molecule has 2 nitrogen and oxygen atoms in total. The van der Waals surface area contributed by atoms with E-state index in [1.165, 1.54) is 11.1 Å². The first-order valence-electron chi connectivity index (χ1n) is 8.71. The summed E-state index contributed by atoms with van der Waals surface area (Å²) in [4.78, 5) is 0. The summed E-state index contributed by atoms with van der Waals surface area (Å²) in [6.45, 7) is 0. The summed E-state index contributed by atoms with van der Waals surface area (Å²) in [6, 6.07) is 33.2. The minimum Gasteiger partial charge on any atom is -0.456 e. The molecule has 0 aliphatic rings. The van der Waals surface area contributed by atoms with Crippen molar-refractivity contribution in [3.8, 4) is 11.1 Å². The zero-order valence-electron chi connectivity index (χ0n) is 14.1. The maximum atomic E-state index is 5.97. The molecule has 1 N–H and O–H groups in total. The molecule has 2 heteroatoms. The topological polar surface area (TPSA) is 25.2 Å². The van der Waals surface area contributed by atoms with Gasteiger partial charge in [-0.05, 0) is 41.5 Å². The molecule has 0 atom stereocenters. The lowest BCUT2D eigenvalue weighted by atomic mass is 10.1. The van der Waals surface area contributed by atoms with E-state index < -0.39 is 0 Å².